The molecule has 21 saturated heterocycles. The van der Waals surface area contributed by atoms with Gasteiger partial charge in [0.15, 0.2) is 44.0 Å². The molecule has 0 spiro atoms. The fourth-order valence-electron chi connectivity index (χ4n) is 10.4. The van der Waals surface area contributed by atoms with Crippen molar-refractivity contribution in [3.8, 4) is 0 Å². The number of aliphatic hydroxyl groups is 21. The van der Waals surface area contributed by atoms with Gasteiger partial charge in [0.05, 0.1) is 46.2 Å². The minimum absolute atomic E-state index is 1.05. The first-order valence-corrected chi connectivity index (χ1v) is 24.6. The number of hydrogen-bond acceptors (Lipinski definition) is 35. The van der Waals surface area contributed by atoms with Gasteiger partial charge in [-0.3, -0.25) is 0 Å². The van der Waals surface area contributed by atoms with E-state index in [1.165, 1.54) is 0 Å². The normalized spacial score (nSPS) is 55.4. The Morgan fingerprint density at radius 1 is 0.156 bits per heavy atom. The van der Waals surface area contributed by atoms with E-state index >= 15 is 0 Å². The standard InChI is InChI=1S/C42H70O35/c43-1-8-29-15(50)22(57)36(64-8)72-30-9(2-44)66-38(24(59)17(30)52)74-32-11(4-46)68-40(26(61)19(32)54)76-34-13(6-48)70-42(28(63)21(34)56)77-35-14(7-49)69-41(27(62)20(35)55)75-33-12(5-47)67-39(25(60)18(33)53)73-31-10(3-45)65-37(71-29)23(58)16(31)51/h8-63H,1-7H2/t8?,9?,10?,11?,12?,13?,14?,15-,16-,17-,18-,19-,20-,21-,22?,23?,24?,25?,26?,27?,28?,29-,30-,31-,32-,33-,34-,35-,36-,37-,38-,39+,40+,41+,42+/m1/s1. The zero-order chi connectivity index (χ0) is 56.1. The first kappa shape index (κ1) is 61.7. The van der Waals surface area contributed by atoms with Gasteiger partial charge < -0.3 is 174 Å². The third kappa shape index (κ3) is 12.1. The van der Waals surface area contributed by atoms with Crippen LogP contribution in [0.25, 0.3) is 0 Å². The van der Waals surface area contributed by atoms with Gasteiger partial charge in [-0.25, -0.2) is 0 Å². The van der Waals surface area contributed by atoms with Crippen LogP contribution < -0.4 is 0 Å². The molecular formula is C42H70O35. The van der Waals surface area contributed by atoms with Crippen molar-refractivity contribution in [3.05, 3.63) is 0 Å². The van der Waals surface area contributed by atoms with Crippen LogP contribution in [0, 0.1) is 0 Å². The molecule has 14 bridgehead atoms. The topological polar surface area (TPSA) is 554 Å². The molecule has 0 aromatic carbocycles. The van der Waals surface area contributed by atoms with Crippen LogP contribution in [0.5, 0.6) is 0 Å². The Morgan fingerprint density at radius 3 is 0.351 bits per heavy atom. The molecule has 21 aliphatic heterocycles. The van der Waals surface area contributed by atoms with Gasteiger partial charge in [-0.15, -0.1) is 0 Å². The van der Waals surface area contributed by atoms with E-state index in [0.717, 1.165) is 0 Å². The predicted molar refractivity (Wildman–Crippen MR) is 228 cm³/mol. The first-order chi connectivity index (χ1) is 36.7. The Hall–Kier alpha value is -1.40. The lowest BCUT2D eigenvalue weighted by atomic mass is 9.95. The van der Waals surface area contributed by atoms with Crippen LogP contribution in [0.1, 0.15) is 0 Å². The highest BCUT2D eigenvalue weighted by Crippen LogP contribution is 2.39. The van der Waals surface area contributed by atoms with Gasteiger partial charge in [0.25, 0.3) is 0 Å². The van der Waals surface area contributed by atoms with Gasteiger partial charge in [0, 0.05) is 0 Å². The molecule has 21 heterocycles. The predicted octanol–water partition coefficient (Wildman–Crippen LogP) is -15.2. The summed E-state index contributed by atoms with van der Waals surface area (Å²) in [6.45, 7) is -7.33. The van der Waals surface area contributed by atoms with E-state index in [-0.39, 0.29) is 0 Å². The van der Waals surface area contributed by atoms with E-state index in [0.29, 0.717) is 0 Å². The minimum atomic E-state index is -2.21. The van der Waals surface area contributed by atoms with Gasteiger partial charge in [0.1, 0.15) is 171 Å². The fourth-order valence-corrected chi connectivity index (χ4v) is 10.4. The first-order valence-electron chi connectivity index (χ1n) is 24.6. The molecule has 35 heteroatoms. The second-order valence-corrected chi connectivity index (χ2v) is 19.7. The highest BCUT2D eigenvalue weighted by molar-refractivity contribution is 5.01. The largest absolute Gasteiger partial charge is 0.394 e. The number of ether oxygens (including phenoxy) is 14. The summed E-state index contributed by atoms with van der Waals surface area (Å²) in [4.78, 5) is 0. The summed E-state index contributed by atoms with van der Waals surface area (Å²) in [5.41, 5.74) is 0. The summed E-state index contributed by atoms with van der Waals surface area (Å²) >= 11 is 0. The van der Waals surface area contributed by atoms with Crippen LogP contribution in [0.3, 0.4) is 0 Å². The Kier molecular flexibility index (Phi) is 20.8. The number of hydrogen-bond donors (Lipinski definition) is 21. The average Bonchev–Trinajstić information content (AvgIpc) is 3.47. The zero-order valence-electron chi connectivity index (χ0n) is 40.3. The molecule has 448 valence electrons. The van der Waals surface area contributed by atoms with Gasteiger partial charge >= 0.3 is 0 Å². The summed E-state index contributed by atoms with van der Waals surface area (Å²) in [5.74, 6) is 0. The summed E-state index contributed by atoms with van der Waals surface area (Å²) < 4.78 is 79.5. The van der Waals surface area contributed by atoms with Crippen molar-refractivity contribution >= 4 is 0 Å². The third-order valence-electron chi connectivity index (χ3n) is 14.8. The number of rotatable bonds is 7. The van der Waals surface area contributed by atoms with E-state index in [4.69, 9.17) is 66.3 Å². The third-order valence-corrected chi connectivity index (χ3v) is 14.8. The Morgan fingerprint density at radius 2 is 0.260 bits per heavy atom. The van der Waals surface area contributed by atoms with Crippen molar-refractivity contribution in [1.29, 1.82) is 0 Å². The van der Waals surface area contributed by atoms with Crippen LogP contribution in [0.15, 0.2) is 0 Å². The Labute approximate surface area is 434 Å². The minimum Gasteiger partial charge on any atom is -0.394 e. The molecule has 0 radical (unpaired) electrons. The van der Waals surface area contributed by atoms with E-state index in [1.54, 1.807) is 0 Å². The monoisotopic (exact) mass is 1130 g/mol. The lowest BCUT2D eigenvalue weighted by Gasteiger charge is -2.50. The molecule has 77 heavy (non-hydrogen) atoms. The molecule has 35 atom stereocenters. The Bertz CT molecular complexity index is 1470. The second kappa shape index (κ2) is 26.0. The smallest absolute Gasteiger partial charge is 0.187 e. The molecule has 0 aromatic rings. The van der Waals surface area contributed by atoms with Crippen molar-refractivity contribution in [1.82, 2.24) is 0 Å². The van der Waals surface area contributed by atoms with Crippen LogP contribution in [0.4, 0.5) is 0 Å². The molecule has 21 N–H and O–H groups in total. The highest BCUT2D eigenvalue weighted by atomic mass is 16.8. The van der Waals surface area contributed by atoms with E-state index in [1.807, 2.05) is 0 Å². The van der Waals surface area contributed by atoms with Gasteiger partial charge in [-0.2, -0.15) is 0 Å². The SMILES string of the molecule is OCC1O[C@@H]2O[C@@H]3C(CO)O[C@H](O[C@@H]4C(CO)O[C@@H](O[C@@H]5C(CO)O[C@@H](O[C@@H]6C(CO)O[C@@H](O[C@@H]7C(CO)O[C@@H](O[C@@H]8C(CO)O[C@H](O[C@H]1[C@H](O)C2O)C(O)[C@H]8O)C(O)[C@H]7O)C(O)[C@H]6O)C(O)[C@H]5O)C(O)[C@H]4O)C(O)[C@H]3O. The molecule has 0 aromatic heterocycles. The van der Waals surface area contributed by atoms with Crippen molar-refractivity contribution in [2.45, 2.75) is 215 Å². The van der Waals surface area contributed by atoms with Crippen LogP contribution in [0.2, 0.25) is 0 Å². The van der Waals surface area contributed by atoms with Crippen LogP contribution in [-0.4, -0.2) is 368 Å². The van der Waals surface area contributed by atoms with Crippen molar-refractivity contribution in [3.63, 3.8) is 0 Å². The van der Waals surface area contributed by atoms with Gasteiger partial charge in [-0.1, -0.05) is 0 Å². The fraction of sp³-hybridized carbons (Fsp3) is 1.00. The van der Waals surface area contributed by atoms with Crippen molar-refractivity contribution in [2.75, 3.05) is 46.2 Å². The summed E-state index contributed by atoms with van der Waals surface area (Å²) in [6.07, 6.45) is -70.2. The molecule has 35 nitrogen and oxygen atoms in total. The molecule has 0 saturated carbocycles. The van der Waals surface area contributed by atoms with E-state index in [2.05, 4.69) is 0 Å². The van der Waals surface area contributed by atoms with E-state index < -0.39 is 261 Å². The molecule has 21 aliphatic rings. The lowest BCUT2D eigenvalue weighted by molar-refractivity contribution is -0.396. The summed E-state index contributed by atoms with van der Waals surface area (Å²) in [6, 6.07) is 0. The average molecular weight is 1130 g/mol. The molecule has 0 amide bonds. The maximum Gasteiger partial charge on any atom is 0.187 e. The number of aliphatic hydroxyl groups excluding tert-OH is 21. The summed E-state index contributed by atoms with van der Waals surface area (Å²) in [5, 5.41) is 230. The molecule has 0 aliphatic carbocycles. The highest BCUT2D eigenvalue weighted by Gasteiger charge is 2.59. The van der Waals surface area contributed by atoms with Crippen molar-refractivity contribution in [2.24, 2.45) is 0 Å². The maximum atomic E-state index is 11.3. The Balaban J connectivity index is 1.08. The molecule has 21 fully saturated rings. The lowest BCUT2D eigenvalue weighted by Crippen LogP contribution is -2.68. The molecular weight excluding hydrogens is 1060 g/mol. The zero-order valence-corrected chi connectivity index (χ0v) is 40.3. The second-order valence-electron chi connectivity index (χ2n) is 19.7. The maximum absolute atomic E-state index is 11.3. The van der Waals surface area contributed by atoms with Gasteiger partial charge in [0.2, 0.25) is 0 Å². The van der Waals surface area contributed by atoms with Crippen LogP contribution in [-0.2, 0) is 66.3 Å². The summed E-state index contributed by atoms with van der Waals surface area (Å²) in [7, 11) is 0. The molecule has 14 unspecified atom stereocenters. The van der Waals surface area contributed by atoms with Gasteiger partial charge in [-0.05, 0) is 0 Å². The van der Waals surface area contributed by atoms with E-state index in [9.17, 15) is 107 Å². The van der Waals surface area contributed by atoms with Crippen LogP contribution >= 0.6 is 0 Å². The van der Waals surface area contributed by atoms with Crippen molar-refractivity contribution < 1.29 is 174 Å². The quantitative estimate of drug-likeness (QED) is 0.113. The molecule has 21 rings (SSSR count).